The lowest BCUT2D eigenvalue weighted by molar-refractivity contribution is 0.372. The predicted octanol–water partition coefficient (Wildman–Crippen LogP) is 2.70. The van der Waals surface area contributed by atoms with E-state index in [2.05, 4.69) is 9.82 Å². The van der Waals surface area contributed by atoms with Gasteiger partial charge in [-0.3, -0.25) is 4.72 Å². The SMILES string of the molecule is CCS(=O)(=O)N1N=C(c2cccc(NS(C)(=O)=O)c2)CC1c1ccc(F)cc1. The average Bonchev–Trinajstić information content (AvgIpc) is 3.07. The Labute approximate surface area is 164 Å². The van der Waals surface area contributed by atoms with Crippen LogP contribution in [0.2, 0.25) is 0 Å². The monoisotopic (exact) mass is 425 g/mol. The molecule has 1 N–H and O–H groups in total. The molecule has 0 aliphatic carbocycles. The van der Waals surface area contributed by atoms with Crippen molar-refractivity contribution in [3.8, 4) is 0 Å². The van der Waals surface area contributed by atoms with Crippen molar-refractivity contribution >= 4 is 31.4 Å². The molecule has 150 valence electrons. The first-order valence-electron chi connectivity index (χ1n) is 8.52. The maximum Gasteiger partial charge on any atom is 0.250 e. The highest BCUT2D eigenvalue weighted by atomic mass is 32.2. The van der Waals surface area contributed by atoms with Crippen LogP contribution in [0.1, 0.15) is 30.5 Å². The van der Waals surface area contributed by atoms with E-state index in [9.17, 15) is 21.2 Å². The lowest BCUT2D eigenvalue weighted by Crippen LogP contribution is -2.28. The quantitative estimate of drug-likeness (QED) is 0.770. The molecule has 0 aromatic heterocycles. The van der Waals surface area contributed by atoms with E-state index in [1.165, 1.54) is 31.2 Å². The fraction of sp³-hybridized carbons (Fsp3) is 0.278. The first-order valence-corrected chi connectivity index (χ1v) is 12.0. The molecular formula is C18H20FN3O4S2. The van der Waals surface area contributed by atoms with E-state index in [1.807, 2.05) is 0 Å². The molecule has 1 aliphatic heterocycles. The molecule has 1 aliphatic rings. The van der Waals surface area contributed by atoms with Gasteiger partial charge in [0.15, 0.2) is 0 Å². The van der Waals surface area contributed by atoms with Crippen LogP contribution in [0.3, 0.4) is 0 Å². The summed E-state index contributed by atoms with van der Waals surface area (Å²) in [7, 11) is -7.09. The molecule has 3 rings (SSSR count). The highest BCUT2D eigenvalue weighted by Gasteiger charge is 2.35. The number of sulfonamides is 2. The smallest absolute Gasteiger partial charge is 0.250 e. The van der Waals surface area contributed by atoms with Crippen LogP contribution in [0.15, 0.2) is 53.6 Å². The van der Waals surface area contributed by atoms with Crippen molar-refractivity contribution in [3.63, 3.8) is 0 Å². The van der Waals surface area contributed by atoms with Crippen molar-refractivity contribution in [3.05, 3.63) is 65.5 Å². The number of nitrogens with one attached hydrogen (secondary N) is 1. The first-order chi connectivity index (χ1) is 13.1. The van der Waals surface area contributed by atoms with E-state index in [4.69, 9.17) is 0 Å². The molecule has 0 bridgehead atoms. The molecular weight excluding hydrogens is 405 g/mol. The molecule has 0 amide bonds. The first kappa shape index (κ1) is 20.3. The third-order valence-corrected chi connectivity index (χ3v) is 6.52. The maximum atomic E-state index is 13.3. The summed E-state index contributed by atoms with van der Waals surface area (Å²) in [5.74, 6) is -0.538. The number of hydrogen-bond acceptors (Lipinski definition) is 5. The zero-order chi connectivity index (χ0) is 20.5. The topological polar surface area (TPSA) is 95.9 Å². The van der Waals surface area contributed by atoms with Crippen LogP contribution < -0.4 is 4.72 Å². The second-order valence-corrected chi connectivity index (χ2v) is 10.3. The van der Waals surface area contributed by atoms with Gasteiger partial charge < -0.3 is 0 Å². The van der Waals surface area contributed by atoms with Gasteiger partial charge in [-0.1, -0.05) is 24.3 Å². The number of benzene rings is 2. The lowest BCUT2D eigenvalue weighted by atomic mass is 9.99. The molecule has 2 aromatic rings. The Kier molecular flexibility index (Phi) is 5.44. The summed E-state index contributed by atoms with van der Waals surface area (Å²) in [6, 6.07) is 11.6. The average molecular weight is 426 g/mol. The Morgan fingerprint density at radius 3 is 2.43 bits per heavy atom. The van der Waals surface area contributed by atoms with Gasteiger partial charge in [-0.05, 0) is 42.3 Å². The molecule has 0 saturated carbocycles. The van der Waals surface area contributed by atoms with Crippen LogP contribution in [0, 0.1) is 5.82 Å². The normalized spacial score (nSPS) is 17.5. The van der Waals surface area contributed by atoms with Gasteiger partial charge >= 0.3 is 0 Å². The fourth-order valence-corrected chi connectivity index (χ4v) is 4.59. The molecule has 1 atom stereocenters. The minimum absolute atomic E-state index is 0.128. The summed E-state index contributed by atoms with van der Waals surface area (Å²) in [5.41, 5.74) is 2.10. The summed E-state index contributed by atoms with van der Waals surface area (Å²) >= 11 is 0. The van der Waals surface area contributed by atoms with Gasteiger partial charge in [-0.25, -0.2) is 21.2 Å². The van der Waals surface area contributed by atoms with E-state index in [-0.39, 0.29) is 12.2 Å². The van der Waals surface area contributed by atoms with Crippen LogP contribution in [0.25, 0.3) is 0 Å². The highest BCUT2D eigenvalue weighted by molar-refractivity contribution is 7.92. The van der Waals surface area contributed by atoms with Gasteiger partial charge in [0.1, 0.15) is 5.82 Å². The van der Waals surface area contributed by atoms with Crippen LogP contribution >= 0.6 is 0 Å². The predicted molar refractivity (Wildman–Crippen MR) is 107 cm³/mol. The summed E-state index contributed by atoms with van der Waals surface area (Å²) in [5, 5.41) is 4.31. The Morgan fingerprint density at radius 1 is 1.14 bits per heavy atom. The zero-order valence-electron chi connectivity index (χ0n) is 15.3. The third kappa shape index (κ3) is 4.50. The molecule has 2 aromatic carbocycles. The van der Waals surface area contributed by atoms with E-state index >= 15 is 0 Å². The largest absolute Gasteiger partial charge is 0.284 e. The second kappa shape index (κ2) is 7.51. The summed E-state index contributed by atoms with van der Waals surface area (Å²) < 4.78 is 64.7. The van der Waals surface area contributed by atoms with Gasteiger partial charge in [-0.15, -0.1) is 0 Å². The molecule has 0 spiro atoms. The molecule has 0 fully saturated rings. The fourth-order valence-electron chi connectivity index (χ4n) is 2.96. The van der Waals surface area contributed by atoms with E-state index in [0.29, 0.717) is 22.5 Å². The number of hydrazone groups is 1. The maximum absolute atomic E-state index is 13.3. The molecule has 1 unspecified atom stereocenters. The van der Waals surface area contributed by atoms with Gasteiger partial charge in [0.05, 0.1) is 23.8 Å². The second-order valence-electron chi connectivity index (χ2n) is 6.45. The highest BCUT2D eigenvalue weighted by Crippen LogP contribution is 2.35. The van der Waals surface area contributed by atoms with Crippen molar-refractivity contribution in [2.24, 2.45) is 5.10 Å². The summed E-state index contributed by atoms with van der Waals surface area (Å²) in [6.07, 6.45) is 1.33. The van der Waals surface area contributed by atoms with Crippen molar-refractivity contribution < 1.29 is 21.2 Å². The number of rotatable bonds is 6. The van der Waals surface area contributed by atoms with E-state index in [1.54, 1.807) is 24.3 Å². The molecule has 10 heteroatoms. The minimum Gasteiger partial charge on any atom is -0.284 e. The standard InChI is InChI=1S/C18H20FN3O4S2/c1-3-28(25,26)22-18(13-7-9-15(19)10-8-13)12-17(20-22)14-5-4-6-16(11-14)21-27(2,23)24/h4-11,18,21H,3,12H2,1-2H3. The van der Waals surface area contributed by atoms with Gasteiger partial charge in [0.2, 0.25) is 20.0 Å². The number of nitrogens with zero attached hydrogens (tertiary/aromatic N) is 2. The van der Waals surface area contributed by atoms with E-state index in [0.717, 1.165) is 10.7 Å². The van der Waals surface area contributed by atoms with Gasteiger partial charge in [0.25, 0.3) is 0 Å². The van der Waals surface area contributed by atoms with E-state index < -0.39 is 31.9 Å². The molecule has 28 heavy (non-hydrogen) atoms. The zero-order valence-corrected chi connectivity index (χ0v) is 17.0. The third-order valence-electron chi connectivity index (χ3n) is 4.28. The molecule has 7 nitrogen and oxygen atoms in total. The van der Waals surface area contributed by atoms with Crippen molar-refractivity contribution in [2.45, 2.75) is 19.4 Å². The Hall–Kier alpha value is -2.46. The number of anilines is 1. The van der Waals surface area contributed by atoms with Crippen LogP contribution in [-0.4, -0.2) is 39.0 Å². The molecule has 1 heterocycles. The van der Waals surface area contributed by atoms with Crippen molar-refractivity contribution in [1.82, 2.24) is 4.41 Å². The van der Waals surface area contributed by atoms with Crippen LogP contribution in [0.5, 0.6) is 0 Å². The lowest BCUT2D eigenvalue weighted by Gasteiger charge is -2.22. The minimum atomic E-state index is -3.64. The molecule has 0 radical (unpaired) electrons. The van der Waals surface area contributed by atoms with Crippen molar-refractivity contribution in [2.75, 3.05) is 16.7 Å². The Balaban J connectivity index is 1.99. The summed E-state index contributed by atoms with van der Waals surface area (Å²) in [6.45, 7) is 1.53. The van der Waals surface area contributed by atoms with Crippen LogP contribution in [-0.2, 0) is 20.0 Å². The van der Waals surface area contributed by atoms with Crippen molar-refractivity contribution in [1.29, 1.82) is 0 Å². The Morgan fingerprint density at radius 2 is 1.82 bits per heavy atom. The number of hydrogen-bond donors (Lipinski definition) is 1. The van der Waals surface area contributed by atoms with Crippen LogP contribution in [0.4, 0.5) is 10.1 Å². The summed E-state index contributed by atoms with van der Waals surface area (Å²) in [4.78, 5) is 0. The van der Waals surface area contributed by atoms with Gasteiger partial charge in [-0.2, -0.15) is 9.52 Å². The number of halogens is 1. The molecule has 0 saturated heterocycles. The Bertz CT molecular complexity index is 1110. The van der Waals surface area contributed by atoms with Gasteiger partial charge in [0, 0.05) is 12.1 Å².